The monoisotopic (exact) mass is 293 g/mol. The van der Waals surface area contributed by atoms with E-state index in [-0.39, 0.29) is 11.9 Å². The molecule has 0 aromatic heterocycles. The SMILES string of the molecule is Nc1ccc(Cl)c(C(=O)NC2CCN3CCCCC23)c1. The third kappa shape index (κ3) is 2.63. The molecule has 2 heterocycles. The van der Waals surface area contributed by atoms with Crippen molar-refractivity contribution in [2.24, 2.45) is 0 Å². The highest BCUT2D eigenvalue weighted by Crippen LogP contribution is 2.28. The molecule has 108 valence electrons. The standard InChI is InChI=1S/C15H20ClN3O/c16-12-5-4-10(17)9-11(12)15(20)18-13-6-8-19-7-2-1-3-14(13)19/h4-5,9,13-14H,1-3,6-8,17H2,(H,18,20). The summed E-state index contributed by atoms with van der Waals surface area (Å²) in [5.41, 5.74) is 6.77. The highest BCUT2D eigenvalue weighted by atomic mass is 35.5. The third-order valence-electron chi connectivity index (χ3n) is 4.41. The van der Waals surface area contributed by atoms with Crippen LogP contribution >= 0.6 is 11.6 Å². The molecule has 1 aromatic rings. The summed E-state index contributed by atoms with van der Waals surface area (Å²) in [4.78, 5) is 14.9. The second-order valence-corrected chi connectivity index (χ2v) is 6.11. The van der Waals surface area contributed by atoms with E-state index in [1.165, 1.54) is 19.3 Å². The number of piperidine rings is 1. The summed E-state index contributed by atoms with van der Waals surface area (Å²) in [6, 6.07) is 5.75. The molecule has 0 radical (unpaired) electrons. The minimum absolute atomic E-state index is 0.111. The van der Waals surface area contributed by atoms with E-state index in [0.717, 1.165) is 19.5 Å². The number of anilines is 1. The molecule has 1 amide bonds. The van der Waals surface area contributed by atoms with E-state index >= 15 is 0 Å². The van der Waals surface area contributed by atoms with E-state index in [1.807, 2.05) is 0 Å². The topological polar surface area (TPSA) is 58.4 Å². The fourth-order valence-corrected chi connectivity index (χ4v) is 3.58. The number of carbonyl (C=O) groups excluding carboxylic acids is 1. The van der Waals surface area contributed by atoms with E-state index in [4.69, 9.17) is 17.3 Å². The van der Waals surface area contributed by atoms with Crippen LogP contribution in [0, 0.1) is 0 Å². The molecule has 2 saturated heterocycles. The predicted octanol–water partition coefficient (Wildman–Crippen LogP) is 2.28. The van der Waals surface area contributed by atoms with Crippen LogP contribution in [-0.2, 0) is 0 Å². The van der Waals surface area contributed by atoms with E-state index in [0.29, 0.717) is 22.3 Å². The van der Waals surface area contributed by atoms with Crippen LogP contribution < -0.4 is 11.1 Å². The maximum Gasteiger partial charge on any atom is 0.253 e. The Kier molecular flexibility index (Phi) is 3.85. The van der Waals surface area contributed by atoms with Gasteiger partial charge in [-0.25, -0.2) is 0 Å². The number of carbonyl (C=O) groups is 1. The molecule has 0 saturated carbocycles. The van der Waals surface area contributed by atoms with E-state index in [2.05, 4.69) is 10.2 Å². The van der Waals surface area contributed by atoms with E-state index in [1.54, 1.807) is 18.2 Å². The van der Waals surface area contributed by atoms with Crippen molar-refractivity contribution >= 4 is 23.2 Å². The largest absolute Gasteiger partial charge is 0.399 e. The molecule has 0 bridgehead atoms. The van der Waals surface area contributed by atoms with Crippen LogP contribution in [-0.4, -0.2) is 36.0 Å². The Hall–Kier alpha value is -1.26. The average Bonchev–Trinajstić information content (AvgIpc) is 2.85. The summed E-state index contributed by atoms with van der Waals surface area (Å²) in [6.07, 6.45) is 4.73. The van der Waals surface area contributed by atoms with Crippen LogP contribution in [0.2, 0.25) is 5.02 Å². The first kappa shape index (κ1) is 13.7. The van der Waals surface area contributed by atoms with Gasteiger partial charge in [-0.3, -0.25) is 9.69 Å². The van der Waals surface area contributed by atoms with Gasteiger partial charge >= 0.3 is 0 Å². The second-order valence-electron chi connectivity index (χ2n) is 5.71. The molecule has 0 spiro atoms. The number of nitrogens with zero attached hydrogens (tertiary/aromatic N) is 1. The van der Waals surface area contributed by atoms with Gasteiger partial charge in [0.05, 0.1) is 10.6 Å². The summed E-state index contributed by atoms with van der Waals surface area (Å²) >= 11 is 6.09. The van der Waals surface area contributed by atoms with Crippen molar-refractivity contribution in [2.45, 2.75) is 37.8 Å². The maximum atomic E-state index is 12.4. The van der Waals surface area contributed by atoms with Gasteiger partial charge in [0, 0.05) is 24.3 Å². The van der Waals surface area contributed by atoms with Crippen LogP contribution in [0.15, 0.2) is 18.2 Å². The first-order chi connectivity index (χ1) is 9.65. The minimum atomic E-state index is -0.111. The second kappa shape index (κ2) is 5.62. The number of nitrogens with two attached hydrogens (primary N) is 1. The maximum absolute atomic E-state index is 12.4. The third-order valence-corrected chi connectivity index (χ3v) is 4.74. The van der Waals surface area contributed by atoms with Crippen molar-refractivity contribution in [3.05, 3.63) is 28.8 Å². The van der Waals surface area contributed by atoms with Gasteiger partial charge in [0.25, 0.3) is 5.91 Å². The van der Waals surface area contributed by atoms with Crippen LogP contribution in [0.4, 0.5) is 5.69 Å². The Bertz CT molecular complexity index is 520. The number of hydrogen-bond donors (Lipinski definition) is 2. The van der Waals surface area contributed by atoms with Gasteiger partial charge in [-0.1, -0.05) is 18.0 Å². The van der Waals surface area contributed by atoms with Gasteiger partial charge in [0.15, 0.2) is 0 Å². The van der Waals surface area contributed by atoms with Crippen LogP contribution in [0.25, 0.3) is 0 Å². The summed E-state index contributed by atoms with van der Waals surface area (Å²) in [5.74, 6) is -0.111. The predicted molar refractivity (Wildman–Crippen MR) is 80.9 cm³/mol. The molecule has 0 aliphatic carbocycles. The minimum Gasteiger partial charge on any atom is -0.399 e. The Morgan fingerprint density at radius 1 is 1.30 bits per heavy atom. The number of fused-ring (bicyclic) bond motifs is 1. The molecule has 2 aliphatic rings. The highest BCUT2D eigenvalue weighted by Gasteiger charge is 2.36. The number of nitrogens with one attached hydrogen (secondary N) is 1. The van der Waals surface area contributed by atoms with Gasteiger partial charge in [-0.15, -0.1) is 0 Å². The molecule has 3 N–H and O–H groups in total. The zero-order valence-corrected chi connectivity index (χ0v) is 12.2. The van der Waals surface area contributed by atoms with Crippen molar-refractivity contribution in [2.75, 3.05) is 18.8 Å². The number of rotatable bonds is 2. The molecular weight excluding hydrogens is 274 g/mol. The summed E-state index contributed by atoms with van der Waals surface area (Å²) in [6.45, 7) is 2.25. The number of amides is 1. The Labute approximate surface area is 124 Å². The van der Waals surface area contributed by atoms with E-state index < -0.39 is 0 Å². The molecule has 3 rings (SSSR count). The zero-order valence-electron chi connectivity index (χ0n) is 11.4. The fraction of sp³-hybridized carbons (Fsp3) is 0.533. The van der Waals surface area contributed by atoms with Gasteiger partial charge < -0.3 is 11.1 Å². The first-order valence-electron chi connectivity index (χ1n) is 7.25. The van der Waals surface area contributed by atoms with Crippen molar-refractivity contribution in [3.63, 3.8) is 0 Å². The molecule has 20 heavy (non-hydrogen) atoms. The lowest BCUT2D eigenvalue weighted by molar-refractivity contribution is 0.0915. The first-order valence-corrected chi connectivity index (χ1v) is 7.63. The van der Waals surface area contributed by atoms with Crippen molar-refractivity contribution in [3.8, 4) is 0 Å². The van der Waals surface area contributed by atoms with Gasteiger partial charge in [0.1, 0.15) is 0 Å². The summed E-state index contributed by atoms with van der Waals surface area (Å²) in [7, 11) is 0. The lowest BCUT2D eigenvalue weighted by Crippen LogP contribution is -2.46. The molecule has 4 nitrogen and oxygen atoms in total. The number of benzene rings is 1. The van der Waals surface area contributed by atoms with Gasteiger partial charge in [-0.05, 0) is 44.0 Å². The number of nitrogen functional groups attached to an aromatic ring is 1. The zero-order chi connectivity index (χ0) is 14.1. The quantitative estimate of drug-likeness (QED) is 0.823. The molecule has 1 aromatic carbocycles. The summed E-state index contributed by atoms with van der Waals surface area (Å²) < 4.78 is 0. The van der Waals surface area contributed by atoms with Crippen molar-refractivity contribution in [1.82, 2.24) is 10.2 Å². The normalized spacial score (nSPS) is 26.2. The molecule has 2 unspecified atom stereocenters. The molecule has 2 atom stereocenters. The summed E-state index contributed by atoms with van der Waals surface area (Å²) in [5, 5.41) is 3.60. The molecular formula is C15H20ClN3O. The number of halogens is 1. The fourth-order valence-electron chi connectivity index (χ4n) is 3.38. The lowest BCUT2D eigenvalue weighted by atomic mass is 9.99. The van der Waals surface area contributed by atoms with Crippen molar-refractivity contribution in [1.29, 1.82) is 0 Å². The van der Waals surface area contributed by atoms with Gasteiger partial charge in [0.2, 0.25) is 0 Å². The highest BCUT2D eigenvalue weighted by molar-refractivity contribution is 6.34. The van der Waals surface area contributed by atoms with Crippen molar-refractivity contribution < 1.29 is 4.79 Å². The Morgan fingerprint density at radius 2 is 2.15 bits per heavy atom. The van der Waals surface area contributed by atoms with E-state index in [9.17, 15) is 4.79 Å². The van der Waals surface area contributed by atoms with Crippen LogP contribution in [0.1, 0.15) is 36.0 Å². The smallest absolute Gasteiger partial charge is 0.253 e. The van der Waals surface area contributed by atoms with Gasteiger partial charge in [-0.2, -0.15) is 0 Å². The number of hydrogen-bond acceptors (Lipinski definition) is 3. The van der Waals surface area contributed by atoms with Crippen LogP contribution in [0.5, 0.6) is 0 Å². The molecule has 2 fully saturated rings. The lowest BCUT2D eigenvalue weighted by Gasteiger charge is -2.32. The Morgan fingerprint density at radius 3 is 3.00 bits per heavy atom. The van der Waals surface area contributed by atoms with Crippen LogP contribution in [0.3, 0.4) is 0 Å². The average molecular weight is 294 g/mol. The Balaban J connectivity index is 1.71. The molecule has 2 aliphatic heterocycles. The molecule has 5 heteroatoms.